The number of alkyl halides is 3. The zero-order valence-electron chi connectivity index (χ0n) is 23.2. The number of anilines is 2. The predicted molar refractivity (Wildman–Crippen MR) is 152 cm³/mol. The fourth-order valence-electron chi connectivity index (χ4n) is 5.45. The Morgan fingerprint density at radius 3 is 2.51 bits per heavy atom. The Morgan fingerprint density at radius 1 is 1.02 bits per heavy atom. The number of hydrogen-bond donors (Lipinski definition) is 1. The van der Waals surface area contributed by atoms with E-state index < -0.39 is 11.7 Å². The zero-order valence-corrected chi connectivity index (χ0v) is 23.2. The van der Waals surface area contributed by atoms with Gasteiger partial charge in [0.2, 0.25) is 5.95 Å². The van der Waals surface area contributed by atoms with Gasteiger partial charge in [-0.05, 0) is 36.2 Å². The second-order valence-electron chi connectivity index (χ2n) is 10.4. The molecule has 1 N–H and O–H groups in total. The normalized spacial score (nSPS) is 16.7. The van der Waals surface area contributed by atoms with E-state index in [1.54, 1.807) is 47.2 Å². The number of hydrogen-bond acceptors (Lipinski definition) is 8. The number of ether oxygens (including phenoxy) is 1. The number of piperazine rings is 1. The van der Waals surface area contributed by atoms with Crippen molar-refractivity contribution >= 4 is 17.5 Å². The van der Waals surface area contributed by atoms with Crippen LogP contribution in [0.25, 0.3) is 0 Å². The summed E-state index contributed by atoms with van der Waals surface area (Å²) in [5, 5.41) is 6.47. The molecular formula is C30H28F3N7O3. The number of nitrogens with one attached hydrogen (secondary N) is 1. The molecule has 2 aliphatic rings. The van der Waals surface area contributed by atoms with Gasteiger partial charge in [-0.3, -0.25) is 9.59 Å². The third kappa shape index (κ3) is 5.74. The van der Waals surface area contributed by atoms with Crippen LogP contribution in [0.1, 0.15) is 38.7 Å². The monoisotopic (exact) mass is 591 g/mol. The summed E-state index contributed by atoms with van der Waals surface area (Å²) in [6, 6.07) is 14.9. The lowest BCUT2D eigenvalue weighted by Gasteiger charge is -2.34. The van der Waals surface area contributed by atoms with Gasteiger partial charge in [0.15, 0.2) is 0 Å². The summed E-state index contributed by atoms with van der Waals surface area (Å²) in [5.74, 6) is 0.563. The van der Waals surface area contributed by atoms with Crippen LogP contribution in [-0.2, 0) is 12.7 Å². The number of rotatable bonds is 6. The molecule has 2 aromatic carbocycles. The number of carbonyl (C=O) groups excluding carboxylic acids is 1. The smallest absolute Gasteiger partial charge is 0.419 e. The summed E-state index contributed by atoms with van der Waals surface area (Å²) >= 11 is 0. The Labute approximate surface area is 244 Å². The van der Waals surface area contributed by atoms with Crippen LogP contribution in [0.5, 0.6) is 5.75 Å². The number of amides is 1. The average Bonchev–Trinajstić information content (AvgIpc) is 3.39. The van der Waals surface area contributed by atoms with Crippen LogP contribution in [0.3, 0.4) is 0 Å². The highest BCUT2D eigenvalue weighted by Crippen LogP contribution is 2.38. The van der Waals surface area contributed by atoms with Crippen LogP contribution in [0.15, 0.2) is 71.9 Å². The molecule has 1 unspecified atom stereocenters. The second kappa shape index (κ2) is 11.4. The van der Waals surface area contributed by atoms with Crippen molar-refractivity contribution in [3.8, 4) is 5.75 Å². The van der Waals surface area contributed by atoms with Gasteiger partial charge in [-0.25, -0.2) is 15.1 Å². The maximum Gasteiger partial charge on any atom is 0.419 e. The summed E-state index contributed by atoms with van der Waals surface area (Å²) in [6.45, 7) is 4.17. The van der Waals surface area contributed by atoms with E-state index in [-0.39, 0.29) is 30.1 Å². The fourth-order valence-corrected chi connectivity index (χ4v) is 5.45. The molecule has 4 aromatic rings. The maximum atomic E-state index is 13.3. The summed E-state index contributed by atoms with van der Waals surface area (Å²) in [7, 11) is 0. The minimum atomic E-state index is -4.50. The van der Waals surface area contributed by atoms with E-state index in [1.807, 2.05) is 12.1 Å². The van der Waals surface area contributed by atoms with Gasteiger partial charge in [0, 0.05) is 56.2 Å². The molecule has 0 aliphatic carbocycles. The van der Waals surface area contributed by atoms with Gasteiger partial charge >= 0.3 is 6.18 Å². The Kier molecular flexibility index (Phi) is 7.46. The van der Waals surface area contributed by atoms with Crippen LogP contribution in [0.2, 0.25) is 0 Å². The van der Waals surface area contributed by atoms with E-state index in [1.165, 1.54) is 0 Å². The standard InChI is InChI=1S/C30H28F3N7O3/c1-19-25(16-36-37-27(19)41)40-17-21-5-2-3-8-24(21)26(40)18-43-23-7-4-6-20(13-23)28(42)38-9-11-39(12-10-38)29-34-14-22(15-35-29)30(31,32)33/h2-8,13-16,26H,9-12,17-18H2,1H3,(H,37,41). The van der Waals surface area contributed by atoms with Gasteiger partial charge in [-0.2, -0.15) is 18.3 Å². The molecule has 1 fully saturated rings. The van der Waals surface area contributed by atoms with Crippen molar-refractivity contribution in [1.82, 2.24) is 25.1 Å². The first-order valence-corrected chi connectivity index (χ1v) is 13.7. The fraction of sp³-hybridized carbons (Fsp3) is 0.300. The van der Waals surface area contributed by atoms with Gasteiger partial charge in [-0.15, -0.1) is 0 Å². The first-order valence-electron chi connectivity index (χ1n) is 13.7. The van der Waals surface area contributed by atoms with Gasteiger partial charge < -0.3 is 19.4 Å². The first kappa shape index (κ1) is 28.2. The van der Waals surface area contributed by atoms with Crippen molar-refractivity contribution in [2.75, 3.05) is 42.6 Å². The molecular weight excluding hydrogens is 563 g/mol. The number of aromatic nitrogens is 4. The molecule has 0 spiro atoms. The number of H-pyrrole nitrogens is 1. The summed E-state index contributed by atoms with van der Waals surface area (Å²) in [5.41, 5.74) is 2.87. The molecule has 1 saturated heterocycles. The highest BCUT2D eigenvalue weighted by Gasteiger charge is 2.33. The molecule has 222 valence electrons. The van der Waals surface area contributed by atoms with E-state index in [0.29, 0.717) is 49.6 Å². The van der Waals surface area contributed by atoms with Crippen LogP contribution in [0.4, 0.5) is 24.8 Å². The molecule has 2 aromatic heterocycles. The number of aromatic amines is 1. The molecule has 1 amide bonds. The molecule has 2 aliphatic heterocycles. The molecule has 43 heavy (non-hydrogen) atoms. The zero-order chi connectivity index (χ0) is 30.1. The minimum absolute atomic E-state index is 0.168. The Hall–Kier alpha value is -4.94. The van der Waals surface area contributed by atoms with Crippen molar-refractivity contribution in [1.29, 1.82) is 0 Å². The molecule has 0 radical (unpaired) electrons. The number of carbonyl (C=O) groups is 1. The van der Waals surface area contributed by atoms with Crippen molar-refractivity contribution in [2.45, 2.75) is 25.7 Å². The van der Waals surface area contributed by atoms with Gasteiger partial charge in [-0.1, -0.05) is 30.3 Å². The third-order valence-electron chi connectivity index (χ3n) is 7.82. The Bertz CT molecular complexity index is 1690. The first-order chi connectivity index (χ1) is 20.7. The lowest BCUT2D eigenvalue weighted by atomic mass is 10.1. The van der Waals surface area contributed by atoms with E-state index in [2.05, 4.69) is 37.2 Å². The number of benzene rings is 2. The van der Waals surface area contributed by atoms with E-state index in [0.717, 1.165) is 29.2 Å². The van der Waals surface area contributed by atoms with E-state index in [9.17, 15) is 22.8 Å². The predicted octanol–water partition coefficient (Wildman–Crippen LogP) is 3.99. The second-order valence-corrected chi connectivity index (χ2v) is 10.4. The largest absolute Gasteiger partial charge is 0.491 e. The van der Waals surface area contributed by atoms with Crippen molar-refractivity contribution in [3.05, 3.63) is 105 Å². The van der Waals surface area contributed by atoms with Crippen molar-refractivity contribution < 1.29 is 22.7 Å². The SMILES string of the molecule is Cc1c(N2Cc3ccccc3C2COc2cccc(C(=O)N3CCN(c4ncc(C(F)(F)F)cn4)CC3)c2)cn[nH]c1=O. The van der Waals surface area contributed by atoms with Crippen LogP contribution < -0.4 is 20.1 Å². The summed E-state index contributed by atoms with van der Waals surface area (Å²) in [6.07, 6.45) is -1.31. The lowest BCUT2D eigenvalue weighted by Crippen LogP contribution is -2.49. The molecule has 0 bridgehead atoms. The molecule has 6 rings (SSSR count). The Balaban J connectivity index is 1.12. The molecule has 1 atom stereocenters. The number of nitrogens with zero attached hydrogens (tertiary/aromatic N) is 6. The van der Waals surface area contributed by atoms with Gasteiger partial charge in [0.1, 0.15) is 12.4 Å². The minimum Gasteiger partial charge on any atom is -0.491 e. The molecule has 4 heterocycles. The number of halogens is 3. The quantitative estimate of drug-likeness (QED) is 0.359. The highest BCUT2D eigenvalue weighted by molar-refractivity contribution is 5.94. The van der Waals surface area contributed by atoms with Gasteiger partial charge in [0.05, 0.1) is 23.5 Å². The average molecular weight is 592 g/mol. The van der Waals surface area contributed by atoms with Crippen molar-refractivity contribution in [2.24, 2.45) is 0 Å². The van der Waals surface area contributed by atoms with Crippen LogP contribution in [-0.4, -0.2) is 63.8 Å². The summed E-state index contributed by atoms with van der Waals surface area (Å²) in [4.78, 5) is 38.9. The summed E-state index contributed by atoms with van der Waals surface area (Å²) < 4.78 is 44.7. The van der Waals surface area contributed by atoms with Crippen LogP contribution >= 0.6 is 0 Å². The molecule has 13 heteroatoms. The van der Waals surface area contributed by atoms with Crippen molar-refractivity contribution in [3.63, 3.8) is 0 Å². The molecule has 0 saturated carbocycles. The topological polar surface area (TPSA) is 108 Å². The Morgan fingerprint density at radius 2 is 1.77 bits per heavy atom. The van der Waals surface area contributed by atoms with Gasteiger partial charge in [0.25, 0.3) is 11.5 Å². The number of fused-ring (bicyclic) bond motifs is 1. The lowest BCUT2D eigenvalue weighted by molar-refractivity contribution is -0.138. The van der Waals surface area contributed by atoms with E-state index >= 15 is 0 Å². The highest BCUT2D eigenvalue weighted by atomic mass is 19.4. The third-order valence-corrected chi connectivity index (χ3v) is 7.82. The van der Waals surface area contributed by atoms with E-state index in [4.69, 9.17) is 4.74 Å². The maximum absolute atomic E-state index is 13.3. The molecule has 10 nitrogen and oxygen atoms in total. The van der Waals surface area contributed by atoms with Crippen LogP contribution in [0, 0.1) is 6.92 Å².